The van der Waals surface area contributed by atoms with Crippen molar-refractivity contribution in [3.8, 4) is 0 Å². The SMILES string of the molecule is C=CCNC(C)(C(=O)O)c1ccc(SC)cc1. The highest BCUT2D eigenvalue weighted by Gasteiger charge is 2.34. The fourth-order valence-corrected chi connectivity index (χ4v) is 1.91. The number of thioether (sulfide) groups is 1. The van der Waals surface area contributed by atoms with Crippen molar-refractivity contribution in [2.75, 3.05) is 12.8 Å². The van der Waals surface area contributed by atoms with Crippen molar-refractivity contribution >= 4 is 17.7 Å². The van der Waals surface area contributed by atoms with Crippen molar-refractivity contribution in [2.45, 2.75) is 17.4 Å². The Balaban J connectivity index is 3.04. The predicted octanol–water partition coefficient (Wildman–Crippen LogP) is 2.48. The summed E-state index contributed by atoms with van der Waals surface area (Å²) in [7, 11) is 0. The van der Waals surface area contributed by atoms with Crippen LogP contribution in [0, 0.1) is 0 Å². The van der Waals surface area contributed by atoms with Gasteiger partial charge in [-0.3, -0.25) is 5.32 Å². The summed E-state index contributed by atoms with van der Waals surface area (Å²) in [6, 6.07) is 7.54. The van der Waals surface area contributed by atoms with E-state index >= 15 is 0 Å². The average molecular weight is 251 g/mol. The summed E-state index contributed by atoms with van der Waals surface area (Å²) in [6.07, 6.45) is 3.64. The summed E-state index contributed by atoms with van der Waals surface area (Å²) in [6.45, 7) is 5.70. The molecule has 1 aromatic carbocycles. The number of nitrogens with one attached hydrogen (secondary N) is 1. The molecule has 0 aliphatic heterocycles. The zero-order valence-electron chi connectivity index (χ0n) is 10.1. The number of aliphatic carboxylic acids is 1. The van der Waals surface area contributed by atoms with E-state index in [1.54, 1.807) is 24.8 Å². The van der Waals surface area contributed by atoms with Crippen molar-refractivity contribution in [3.05, 3.63) is 42.5 Å². The maximum absolute atomic E-state index is 11.4. The molecule has 1 unspecified atom stereocenters. The van der Waals surface area contributed by atoms with Gasteiger partial charge < -0.3 is 5.11 Å². The van der Waals surface area contributed by atoms with Crippen molar-refractivity contribution < 1.29 is 9.90 Å². The number of hydrogen-bond acceptors (Lipinski definition) is 3. The second-order valence-corrected chi connectivity index (χ2v) is 4.71. The Hall–Kier alpha value is -1.26. The molecule has 0 radical (unpaired) electrons. The van der Waals surface area contributed by atoms with Crippen molar-refractivity contribution in [1.82, 2.24) is 5.32 Å². The van der Waals surface area contributed by atoms with Gasteiger partial charge in [-0.25, -0.2) is 4.79 Å². The molecule has 17 heavy (non-hydrogen) atoms. The molecule has 0 saturated carbocycles. The molecule has 0 spiro atoms. The standard InChI is InChI=1S/C13H17NO2S/c1-4-9-14-13(2,12(15)16)10-5-7-11(17-3)8-6-10/h4-8,14H,1,9H2,2-3H3,(H,15,16). The largest absolute Gasteiger partial charge is 0.480 e. The van der Waals surface area contributed by atoms with Gasteiger partial charge >= 0.3 is 5.97 Å². The van der Waals surface area contributed by atoms with Gasteiger partial charge in [0.2, 0.25) is 0 Å². The highest BCUT2D eigenvalue weighted by molar-refractivity contribution is 7.98. The van der Waals surface area contributed by atoms with Crippen LogP contribution in [-0.2, 0) is 10.3 Å². The zero-order chi connectivity index (χ0) is 12.9. The Labute approximate surface area is 106 Å². The van der Waals surface area contributed by atoms with E-state index in [1.165, 1.54) is 0 Å². The lowest BCUT2D eigenvalue weighted by atomic mass is 9.92. The molecule has 1 rings (SSSR count). The second kappa shape index (κ2) is 5.89. The van der Waals surface area contributed by atoms with Gasteiger partial charge in [-0.2, -0.15) is 0 Å². The number of carbonyl (C=O) groups is 1. The first-order chi connectivity index (χ1) is 8.04. The maximum Gasteiger partial charge on any atom is 0.328 e. The van der Waals surface area contributed by atoms with Crippen LogP contribution in [0.15, 0.2) is 41.8 Å². The first-order valence-corrected chi connectivity index (χ1v) is 6.51. The average Bonchev–Trinajstić information content (AvgIpc) is 2.35. The molecule has 0 aliphatic rings. The summed E-state index contributed by atoms with van der Waals surface area (Å²) in [5, 5.41) is 12.3. The van der Waals surface area contributed by atoms with E-state index in [-0.39, 0.29) is 0 Å². The third kappa shape index (κ3) is 3.11. The topological polar surface area (TPSA) is 49.3 Å². The number of carboxylic acids is 1. The van der Waals surface area contributed by atoms with Gasteiger partial charge in [0.1, 0.15) is 5.54 Å². The molecule has 4 heteroatoms. The molecule has 0 aliphatic carbocycles. The highest BCUT2D eigenvalue weighted by atomic mass is 32.2. The van der Waals surface area contributed by atoms with Crippen molar-refractivity contribution in [1.29, 1.82) is 0 Å². The van der Waals surface area contributed by atoms with Crippen LogP contribution in [0.2, 0.25) is 0 Å². The summed E-state index contributed by atoms with van der Waals surface area (Å²) in [4.78, 5) is 12.5. The van der Waals surface area contributed by atoms with E-state index in [9.17, 15) is 9.90 Å². The third-order valence-electron chi connectivity index (χ3n) is 2.70. The number of benzene rings is 1. The van der Waals surface area contributed by atoms with Crippen LogP contribution < -0.4 is 5.32 Å². The normalized spacial score (nSPS) is 14.0. The summed E-state index contributed by atoms with van der Waals surface area (Å²) < 4.78 is 0. The van der Waals surface area contributed by atoms with Gasteiger partial charge in [0.25, 0.3) is 0 Å². The molecule has 0 saturated heterocycles. The fraction of sp³-hybridized carbons (Fsp3) is 0.308. The van der Waals surface area contributed by atoms with E-state index in [0.717, 1.165) is 10.5 Å². The molecular formula is C13H17NO2S. The van der Waals surface area contributed by atoms with Gasteiger partial charge in [-0.1, -0.05) is 18.2 Å². The molecule has 3 nitrogen and oxygen atoms in total. The van der Waals surface area contributed by atoms with Gasteiger partial charge in [-0.15, -0.1) is 18.3 Å². The molecule has 0 aromatic heterocycles. The third-order valence-corrected chi connectivity index (χ3v) is 3.44. The Morgan fingerprint density at radius 3 is 2.53 bits per heavy atom. The zero-order valence-corrected chi connectivity index (χ0v) is 10.9. The van der Waals surface area contributed by atoms with Crippen LogP contribution in [-0.4, -0.2) is 23.9 Å². The summed E-state index contributed by atoms with van der Waals surface area (Å²) in [5.74, 6) is -0.892. The van der Waals surface area contributed by atoms with E-state index in [1.807, 2.05) is 30.5 Å². The van der Waals surface area contributed by atoms with Crippen LogP contribution >= 0.6 is 11.8 Å². The monoisotopic (exact) mass is 251 g/mol. The van der Waals surface area contributed by atoms with E-state index < -0.39 is 11.5 Å². The van der Waals surface area contributed by atoms with Gasteiger partial charge in [0, 0.05) is 11.4 Å². The number of hydrogen-bond donors (Lipinski definition) is 2. The van der Waals surface area contributed by atoms with Crippen molar-refractivity contribution in [2.24, 2.45) is 0 Å². The molecule has 2 N–H and O–H groups in total. The van der Waals surface area contributed by atoms with Crippen LogP contribution in [0.25, 0.3) is 0 Å². The van der Waals surface area contributed by atoms with Crippen molar-refractivity contribution in [3.63, 3.8) is 0 Å². The van der Waals surface area contributed by atoms with E-state index in [4.69, 9.17) is 0 Å². The minimum atomic E-state index is -1.08. The molecule has 1 aromatic rings. The molecule has 0 fully saturated rings. The minimum absolute atomic E-state index is 0.451. The molecule has 92 valence electrons. The Morgan fingerprint density at radius 2 is 2.12 bits per heavy atom. The Bertz CT molecular complexity index is 402. The summed E-state index contributed by atoms with van der Waals surface area (Å²) in [5.41, 5.74) is -0.338. The van der Waals surface area contributed by atoms with Crippen LogP contribution in [0.3, 0.4) is 0 Å². The van der Waals surface area contributed by atoms with Crippen LogP contribution in [0.1, 0.15) is 12.5 Å². The fourth-order valence-electron chi connectivity index (χ4n) is 1.50. The second-order valence-electron chi connectivity index (χ2n) is 3.83. The van der Waals surface area contributed by atoms with Crippen LogP contribution in [0.5, 0.6) is 0 Å². The first-order valence-electron chi connectivity index (χ1n) is 5.28. The highest BCUT2D eigenvalue weighted by Crippen LogP contribution is 2.24. The van der Waals surface area contributed by atoms with E-state index in [0.29, 0.717) is 6.54 Å². The van der Waals surface area contributed by atoms with E-state index in [2.05, 4.69) is 11.9 Å². The number of rotatable bonds is 6. The van der Waals surface area contributed by atoms with Crippen LogP contribution in [0.4, 0.5) is 0 Å². The quantitative estimate of drug-likeness (QED) is 0.602. The number of carboxylic acid groups (broad SMARTS) is 1. The maximum atomic E-state index is 11.4. The molecule has 0 bridgehead atoms. The smallest absolute Gasteiger partial charge is 0.328 e. The lowest BCUT2D eigenvalue weighted by molar-refractivity contribution is -0.144. The minimum Gasteiger partial charge on any atom is -0.480 e. The first kappa shape index (κ1) is 13.8. The van der Waals surface area contributed by atoms with Gasteiger partial charge in [0.05, 0.1) is 0 Å². The van der Waals surface area contributed by atoms with Gasteiger partial charge in [-0.05, 0) is 30.9 Å². The summed E-state index contributed by atoms with van der Waals surface area (Å²) >= 11 is 1.63. The molecule has 1 atom stereocenters. The lowest BCUT2D eigenvalue weighted by Gasteiger charge is -2.26. The Morgan fingerprint density at radius 1 is 1.53 bits per heavy atom. The molecule has 0 amide bonds. The van der Waals surface area contributed by atoms with Gasteiger partial charge in [0.15, 0.2) is 0 Å². The predicted molar refractivity (Wildman–Crippen MR) is 71.4 cm³/mol. The molecule has 0 heterocycles. The Kier molecular flexibility index (Phi) is 4.78. The lowest BCUT2D eigenvalue weighted by Crippen LogP contribution is -2.46. The molecular weight excluding hydrogens is 234 g/mol.